The maximum absolute atomic E-state index is 12.2. The average molecular weight is 472 g/mol. The molecule has 0 aromatic rings. The standard InChI is InChI=1S/C28H57NO4/c1-3-5-7-9-11-13-14-15-17-19-21-23-27(32)29-25(24-30)28(33)26(31)22-20-18-16-12-10-8-6-4-2/h25-26,28,30-31,33H,3-24H2,1-2H3,(H,29,32). The Morgan fingerprint density at radius 1 is 0.636 bits per heavy atom. The molecule has 0 aromatic heterocycles. The third-order valence-corrected chi connectivity index (χ3v) is 6.71. The average Bonchev–Trinajstić information content (AvgIpc) is 2.82. The lowest BCUT2D eigenvalue weighted by Crippen LogP contribution is -2.50. The minimum Gasteiger partial charge on any atom is -0.394 e. The zero-order valence-electron chi connectivity index (χ0n) is 22.0. The summed E-state index contributed by atoms with van der Waals surface area (Å²) in [4.78, 5) is 12.2. The van der Waals surface area contributed by atoms with Crippen molar-refractivity contribution in [2.24, 2.45) is 0 Å². The number of unbranched alkanes of at least 4 members (excludes halogenated alkanes) is 17. The molecule has 3 unspecified atom stereocenters. The lowest BCUT2D eigenvalue weighted by atomic mass is 9.99. The summed E-state index contributed by atoms with van der Waals surface area (Å²) >= 11 is 0. The van der Waals surface area contributed by atoms with Crippen LogP contribution in [0.5, 0.6) is 0 Å². The van der Waals surface area contributed by atoms with E-state index >= 15 is 0 Å². The zero-order valence-corrected chi connectivity index (χ0v) is 22.0. The fraction of sp³-hybridized carbons (Fsp3) is 0.964. The van der Waals surface area contributed by atoms with Gasteiger partial charge in [0.05, 0.1) is 18.8 Å². The van der Waals surface area contributed by atoms with Crippen LogP contribution in [0.3, 0.4) is 0 Å². The number of aliphatic hydroxyl groups excluding tert-OH is 3. The van der Waals surface area contributed by atoms with Crippen molar-refractivity contribution in [2.45, 2.75) is 167 Å². The summed E-state index contributed by atoms with van der Waals surface area (Å²) in [6, 6.07) is -0.797. The van der Waals surface area contributed by atoms with Crippen LogP contribution in [0.15, 0.2) is 0 Å². The molecule has 0 saturated heterocycles. The quantitative estimate of drug-likeness (QED) is 0.116. The Morgan fingerprint density at radius 2 is 1.03 bits per heavy atom. The number of hydrogen-bond acceptors (Lipinski definition) is 4. The SMILES string of the molecule is CCCCCCCCCCCCCC(=O)NC(CO)C(O)C(O)CCCCCCCCCC. The van der Waals surface area contributed by atoms with Gasteiger partial charge in [0.1, 0.15) is 6.10 Å². The number of nitrogens with one attached hydrogen (secondary N) is 1. The van der Waals surface area contributed by atoms with Crippen molar-refractivity contribution >= 4 is 5.91 Å². The van der Waals surface area contributed by atoms with Crippen molar-refractivity contribution in [3.8, 4) is 0 Å². The first-order valence-corrected chi connectivity index (χ1v) is 14.3. The summed E-state index contributed by atoms with van der Waals surface area (Å²) in [6.07, 6.45) is 21.9. The van der Waals surface area contributed by atoms with E-state index in [0.717, 1.165) is 38.5 Å². The van der Waals surface area contributed by atoms with Crippen molar-refractivity contribution < 1.29 is 20.1 Å². The van der Waals surface area contributed by atoms with E-state index in [1.165, 1.54) is 83.5 Å². The summed E-state index contributed by atoms with van der Waals surface area (Å²) < 4.78 is 0. The third-order valence-electron chi connectivity index (χ3n) is 6.71. The molecule has 0 aromatic carbocycles. The van der Waals surface area contributed by atoms with Gasteiger partial charge in [-0.3, -0.25) is 4.79 Å². The van der Waals surface area contributed by atoms with E-state index < -0.39 is 18.2 Å². The van der Waals surface area contributed by atoms with Gasteiger partial charge in [0.15, 0.2) is 0 Å². The van der Waals surface area contributed by atoms with E-state index in [9.17, 15) is 20.1 Å². The van der Waals surface area contributed by atoms with Gasteiger partial charge in [0, 0.05) is 6.42 Å². The van der Waals surface area contributed by atoms with Crippen molar-refractivity contribution in [3.63, 3.8) is 0 Å². The van der Waals surface area contributed by atoms with E-state index in [0.29, 0.717) is 12.8 Å². The van der Waals surface area contributed by atoms with Crippen molar-refractivity contribution in [3.05, 3.63) is 0 Å². The summed E-state index contributed by atoms with van der Waals surface area (Å²) in [7, 11) is 0. The Hall–Kier alpha value is -0.650. The molecule has 0 heterocycles. The molecule has 0 aliphatic heterocycles. The number of hydrogen-bond donors (Lipinski definition) is 4. The summed E-state index contributed by atoms with van der Waals surface area (Å²) in [5, 5.41) is 32.9. The summed E-state index contributed by atoms with van der Waals surface area (Å²) in [5.41, 5.74) is 0. The number of carbonyl (C=O) groups is 1. The first-order chi connectivity index (χ1) is 16.1. The van der Waals surface area contributed by atoms with E-state index in [-0.39, 0.29) is 12.5 Å². The monoisotopic (exact) mass is 471 g/mol. The maximum Gasteiger partial charge on any atom is 0.220 e. The first-order valence-electron chi connectivity index (χ1n) is 14.3. The fourth-order valence-corrected chi connectivity index (χ4v) is 4.39. The highest BCUT2D eigenvalue weighted by Crippen LogP contribution is 2.14. The number of aliphatic hydroxyl groups is 3. The van der Waals surface area contributed by atoms with Crippen molar-refractivity contribution in [1.29, 1.82) is 0 Å². The molecule has 0 rings (SSSR count). The zero-order chi connectivity index (χ0) is 24.6. The Kier molecular flexibility index (Phi) is 24.0. The molecular weight excluding hydrogens is 414 g/mol. The van der Waals surface area contributed by atoms with Crippen molar-refractivity contribution in [1.82, 2.24) is 5.32 Å². The largest absolute Gasteiger partial charge is 0.394 e. The first kappa shape index (κ1) is 32.4. The predicted octanol–water partition coefficient (Wildman–Crippen LogP) is 6.42. The Labute approximate surface area is 205 Å². The van der Waals surface area contributed by atoms with Crippen molar-refractivity contribution in [2.75, 3.05) is 6.61 Å². The number of carbonyl (C=O) groups excluding carboxylic acids is 1. The van der Waals surface area contributed by atoms with Gasteiger partial charge < -0.3 is 20.6 Å². The molecule has 1 amide bonds. The molecule has 5 heteroatoms. The molecule has 4 N–H and O–H groups in total. The Bertz CT molecular complexity index is 419. The van der Waals surface area contributed by atoms with Crippen LogP contribution in [-0.4, -0.2) is 46.1 Å². The maximum atomic E-state index is 12.2. The van der Waals surface area contributed by atoms with Gasteiger partial charge >= 0.3 is 0 Å². The highest BCUT2D eigenvalue weighted by molar-refractivity contribution is 5.76. The molecular formula is C28H57NO4. The fourth-order valence-electron chi connectivity index (χ4n) is 4.39. The third kappa shape index (κ3) is 20.4. The molecule has 0 aliphatic carbocycles. The van der Waals surface area contributed by atoms with Crippen LogP contribution in [0.4, 0.5) is 0 Å². The van der Waals surface area contributed by atoms with Gasteiger partial charge in [-0.2, -0.15) is 0 Å². The normalized spacial score (nSPS) is 14.2. The van der Waals surface area contributed by atoms with E-state index in [2.05, 4.69) is 19.2 Å². The van der Waals surface area contributed by atoms with Crippen LogP contribution in [0.25, 0.3) is 0 Å². The topological polar surface area (TPSA) is 89.8 Å². The molecule has 0 spiro atoms. The Morgan fingerprint density at radius 3 is 1.45 bits per heavy atom. The molecule has 5 nitrogen and oxygen atoms in total. The van der Waals surface area contributed by atoms with Gasteiger partial charge in [-0.1, -0.05) is 129 Å². The second-order valence-electron chi connectivity index (χ2n) is 9.96. The Balaban J connectivity index is 3.77. The molecule has 33 heavy (non-hydrogen) atoms. The smallest absolute Gasteiger partial charge is 0.220 e. The molecule has 198 valence electrons. The highest BCUT2D eigenvalue weighted by atomic mass is 16.3. The van der Waals surface area contributed by atoms with Gasteiger partial charge in [0.2, 0.25) is 5.91 Å². The van der Waals surface area contributed by atoms with Crippen LogP contribution in [0.1, 0.15) is 149 Å². The summed E-state index contributed by atoms with van der Waals surface area (Å²) in [6.45, 7) is 4.10. The van der Waals surface area contributed by atoms with Crippen LogP contribution < -0.4 is 5.32 Å². The van der Waals surface area contributed by atoms with E-state index in [4.69, 9.17) is 0 Å². The van der Waals surface area contributed by atoms with Gasteiger partial charge in [-0.05, 0) is 12.8 Å². The van der Waals surface area contributed by atoms with E-state index in [1.807, 2.05) is 0 Å². The number of amides is 1. The minimum atomic E-state index is -1.12. The molecule has 0 radical (unpaired) electrons. The van der Waals surface area contributed by atoms with Crippen LogP contribution in [-0.2, 0) is 4.79 Å². The van der Waals surface area contributed by atoms with Gasteiger partial charge in [-0.25, -0.2) is 0 Å². The molecule has 0 aliphatic rings. The highest BCUT2D eigenvalue weighted by Gasteiger charge is 2.26. The second kappa shape index (κ2) is 24.5. The minimum absolute atomic E-state index is 0.150. The predicted molar refractivity (Wildman–Crippen MR) is 139 cm³/mol. The second-order valence-corrected chi connectivity index (χ2v) is 9.96. The molecule has 0 bridgehead atoms. The molecule has 3 atom stereocenters. The van der Waals surface area contributed by atoms with Gasteiger partial charge in [0.25, 0.3) is 0 Å². The number of rotatable bonds is 25. The molecule has 0 saturated carbocycles. The van der Waals surface area contributed by atoms with E-state index in [1.54, 1.807) is 0 Å². The van der Waals surface area contributed by atoms with Crippen LogP contribution in [0.2, 0.25) is 0 Å². The van der Waals surface area contributed by atoms with Crippen LogP contribution >= 0.6 is 0 Å². The lowest BCUT2D eigenvalue weighted by molar-refractivity contribution is -0.124. The van der Waals surface area contributed by atoms with Crippen LogP contribution in [0, 0.1) is 0 Å². The lowest BCUT2D eigenvalue weighted by Gasteiger charge is -2.26. The van der Waals surface area contributed by atoms with Gasteiger partial charge in [-0.15, -0.1) is 0 Å². The summed E-state index contributed by atoms with van der Waals surface area (Å²) in [5.74, 6) is -0.150. The molecule has 0 fully saturated rings.